The van der Waals surface area contributed by atoms with Crippen molar-refractivity contribution in [2.45, 2.75) is 51.0 Å². The molecule has 4 fully saturated rings. The van der Waals surface area contributed by atoms with E-state index in [1.54, 1.807) is 19.1 Å². The molecule has 0 saturated heterocycles. The van der Waals surface area contributed by atoms with Gasteiger partial charge in [-0.25, -0.2) is 4.99 Å². The molecule has 5 heteroatoms. The summed E-state index contributed by atoms with van der Waals surface area (Å²) >= 11 is 0. The Morgan fingerprint density at radius 2 is 1.74 bits per heavy atom. The molecule has 0 aromatic heterocycles. The summed E-state index contributed by atoms with van der Waals surface area (Å²) in [5.74, 6) is 3.46. The molecular weight excluding hydrogens is 338 g/mol. The van der Waals surface area contributed by atoms with Gasteiger partial charge in [-0.3, -0.25) is 9.69 Å². The predicted molar refractivity (Wildman–Crippen MR) is 104 cm³/mol. The van der Waals surface area contributed by atoms with Crippen molar-refractivity contribution in [3.05, 3.63) is 29.3 Å². The molecular formula is C22H29N3O2. The van der Waals surface area contributed by atoms with E-state index in [4.69, 9.17) is 15.5 Å². The molecule has 1 aromatic carbocycles. The summed E-state index contributed by atoms with van der Waals surface area (Å²) in [4.78, 5) is 20.3. The Hall–Kier alpha value is -2.04. The lowest BCUT2D eigenvalue weighted by Gasteiger charge is -2.61. The Labute approximate surface area is 161 Å². The van der Waals surface area contributed by atoms with E-state index in [9.17, 15) is 4.79 Å². The second-order valence-electron chi connectivity index (χ2n) is 9.43. The molecule has 5 aliphatic rings. The number of hydrogen-bond acceptors (Lipinski definition) is 4. The van der Waals surface area contributed by atoms with Crippen LogP contribution >= 0.6 is 0 Å². The van der Waals surface area contributed by atoms with Crippen molar-refractivity contribution in [2.24, 2.45) is 33.9 Å². The zero-order valence-corrected chi connectivity index (χ0v) is 16.5. The average molecular weight is 367 g/mol. The molecule has 1 aromatic rings. The summed E-state index contributed by atoms with van der Waals surface area (Å²) in [6.45, 7) is 2.03. The first-order valence-corrected chi connectivity index (χ1v) is 10.2. The average Bonchev–Trinajstić information content (AvgIpc) is 2.86. The number of nitrogens with zero attached hydrogens (tertiary/aromatic N) is 2. The minimum atomic E-state index is -0.876. The van der Waals surface area contributed by atoms with Gasteiger partial charge >= 0.3 is 0 Å². The van der Waals surface area contributed by atoms with E-state index < -0.39 is 5.54 Å². The Morgan fingerprint density at radius 3 is 2.19 bits per heavy atom. The third-order valence-corrected chi connectivity index (χ3v) is 7.86. The first-order valence-electron chi connectivity index (χ1n) is 10.2. The van der Waals surface area contributed by atoms with Crippen LogP contribution in [-0.4, -0.2) is 30.9 Å². The molecule has 0 radical (unpaired) electrons. The van der Waals surface area contributed by atoms with Crippen LogP contribution in [0.15, 0.2) is 23.2 Å². The molecule has 1 atom stereocenters. The first kappa shape index (κ1) is 17.1. The Kier molecular flexibility index (Phi) is 3.47. The molecule has 27 heavy (non-hydrogen) atoms. The first-order chi connectivity index (χ1) is 12.9. The van der Waals surface area contributed by atoms with Gasteiger partial charge in [0.15, 0.2) is 11.5 Å². The van der Waals surface area contributed by atoms with Crippen molar-refractivity contribution in [3.63, 3.8) is 0 Å². The van der Waals surface area contributed by atoms with E-state index in [2.05, 4.69) is 6.07 Å². The van der Waals surface area contributed by atoms with Crippen molar-refractivity contribution in [1.82, 2.24) is 4.90 Å². The number of benzene rings is 1. The van der Waals surface area contributed by atoms with E-state index in [1.807, 2.05) is 19.1 Å². The summed E-state index contributed by atoms with van der Waals surface area (Å²) in [7, 11) is 3.45. The van der Waals surface area contributed by atoms with Crippen molar-refractivity contribution in [3.8, 4) is 5.75 Å². The zero-order chi connectivity index (χ0) is 19.0. The van der Waals surface area contributed by atoms with Gasteiger partial charge in [-0.1, -0.05) is 6.07 Å². The molecule has 6 rings (SSSR count). The fourth-order valence-electron chi connectivity index (χ4n) is 7.14. The third kappa shape index (κ3) is 2.11. The fraction of sp³-hybridized carbons (Fsp3) is 0.636. The molecule has 4 aliphatic carbocycles. The largest absolute Gasteiger partial charge is 0.496 e. The maximum Gasteiger partial charge on any atom is 0.262 e. The van der Waals surface area contributed by atoms with Crippen LogP contribution in [0, 0.1) is 30.1 Å². The number of methoxy groups -OCH3 is 1. The Balaban J connectivity index is 1.72. The maximum absolute atomic E-state index is 13.7. The van der Waals surface area contributed by atoms with E-state index in [-0.39, 0.29) is 11.3 Å². The Morgan fingerprint density at radius 1 is 1.15 bits per heavy atom. The molecule has 0 spiro atoms. The summed E-state index contributed by atoms with van der Waals surface area (Å²) < 4.78 is 5.46. The second-order valence-corrected chi connectivity index (χ2v) is 9.43. The van der Waals surface area contributed by atoms with Gasteiger partial charge in [0.1, 0.15) is 5.75 Å². The molecule has 4 bridgehead atoms. The summed E-state index contributed by atoms with van der Waals surface area (Å²) in [6.07, 6.45) is 7.29. The van der Waals surface area contributed by atoms with Gasteiger partial charge in [0, 0.05) is 12.5 Å². The fourth-order valence-corrected chi connectivity index (χ4v) is 7.14. The molecule has 2 N–H and O–H groups in total. The number of rotatable bonds is 3. The van der Waals surface area contributed by atoms with Gasteiger partial charge in [-0.15, -0.1) is 0 Å². The molecule has 144 valence electrons. The van der Waals surface area contributed by atoms with Crippen molar-refractivity contribution in [2.75, 3.05) is 14.2 Å². The van der Waals surface area contributed by atoms with Gasteiger partial charge < -0.3 is 10.5 Å². The predicted octanol–water partition coefficient (Wildman–Crippen LogP) is 3.20. The molecule has 1 amide bonds. The van der Waals surface area contributed by atoms with Crippen LogP contribution in [0.5, 0.6) is 5.75 Å². The van der Waals surface area contributed by atoms with E-state index in [0.29, 0.717) is 5.96 Å². The third-order valence-electron chi connectivity index (χ3n) is 7.86. The van der Waals surface area contributed by atoms with Crippen molar-refractivity contribution >= 4 is 11.9 Å². The minimum Gasteiger partial charge on any atom is -0.496 e. The zero-order valence-electron chi connectivity index (χ0n) is 16.5. The summed E-state index contributed by atoms with van der Waals surface area (Å²) in [5.41, 5.74) is 7.27. The van der Waals surface area contributed by atoms with Crippen molar-refractivity contribution in [1.29, 1.82) is 0 Å². The van der Waals surface area contributed by atoms with Gasteiger partial charge in [0.05, 0.1) is 7.11 Å². The Bertz CT molecular complexity index is 811. The minimum absolute atomic E-state index is 0.0477. The van der Waals surface area contributed by atoms with Gasteiger partial charge in [0.2, 0.25) is 0 Å². The number of aryl methyl sites for hydroxylation is 1. The normalized spacial score (nSPS) is 39.8. The van der Waals surface area contributed by atoms with Crippen LogP contribution in [0.25, 0.3) is 0 Å². The van der Waals surface area contributed by atoms with Crippen molar-refractivity contribution < 1.29 is 9.53 Å². The van der Waals surface area contributed by atoms with E-state index in [1.165, 1.54) is 19.3 Å². The number of amides is 1. The number of aliphatic imine (C=N–C) groups is 1. The van der Waals surface area contributed by atoms with Crippen LogP contribution in [-0.2, 0) is 10.3 Å². The van der Waals surface area contributed by atoms with Gasteiger partial charge in [0.25, 0.3) is 5.91 Å². The lowest BCUT2D eigenvalue weighted by Crippen LogP contribution is -2.59. The van der Waals surface area contributed by atoms with Crippen LogP contribution < -0.4 is 10.5 Å². The van der Waals surface area contributed by atoms with Crippen LogP contribution in [0.4, 0.5) is 0 Å². The number of likely N-dealkylation sites (N-methyl/N-ethyl adjacent to an activating group) is 1. The summed E-state index contributed by atoms with van der Waals surface area (Å²) in [6, 6.07) is 6.12. The SMILES string of the molecule is COc1ccc([C@@]2(C34CC5CC(CC(C5)C3)C4)N=C(N)N(C)C2=O)cc1C. The van der Waals surface area contributed by atoms with E-state index >= 15 is 0 Å². The van der Waals surface area contributed by atoms with Crippen LogP contribution in [0.1, 0.15) is 49.7 Å². The molecule has 5 nitrogen and oxygen atoms in total. The highest BCUT2D eigenvalue weighted by Gasteiger charge is 2.67. The van der Waals surface area contributed by atoms with Crippen LogP contribution in [0.3, 0.4) is 0 Å². The number of hydrogen-bond donors (Lipinski definition) is 1. The highest BCUT2D eigenvalue weighted by atomic mass is 16.5. The lowest BCUT2D eigenvalue weighted by molar-refractivity contribution is -0.149. The molecule has 0 unspecified atom stereocenters. The maximum atomic E-state index is 13.7. The van der Waals surface area contributed by atoms with Gasteiger partial charge in [-0.05, 0) is 86.5 Å². The molecule has 1 heterocycles. The second kappa shape index (κ2) is 5.49. The molecule has 1 aliphatic heterocycles. The number of ether oxygens (including phenoxy) is 1. The lowest BCUT2D eigenvalue weighted by atomic mass is 9.43. The number of carbonyl (C=O) groups is 1. The number of carbonyl (C=O) groups excluding carboxylic acids is 1. The van der Waals surface area contributed by atoms with Crippen LogP contribution in [0.2, 0.25) is 0 Å². The number of guanidine groups is 1. The monoisotopic (exact) mass is 367 g/mol. The summed E-state index contributed by atoms with van der Waals surface area (Å²) in [5, 5.41) is 0. The quantitative estimate of drug-likeness (QED) is 0.892. The standard InChI is InChI=1S/C22H29N3O2/c1-13-6-17(4-5-18(13)27-3)22(19(26)25(2)20(23)24-22)21-10-14-7-15(11-21)9-16(8-14)12-21/h4-6,14-16H,7-12H2,1-3H3,(H2,23,24)/t14?,15?,16?,21?,22-/m1/s1. The number of nitrogens with two attached hydrogens (primary N) is 1. The highest BCUT2D eigenvalue weighted by Crippen LogP contribution is 2.67. The molecule has 4 saturated carbocycles. The van der Waals surface area contributed by atoms with Gasteiger partial charge in [-0.2, -0.15) is 0 Å². The highest BCUT2D eigenvalue weighted by molar-refractivity contribution is 6.07. The smallest absolute Gasteiger partial charge is 0.262 e. The topological polar surface area (TPSA) is 67.9 Å². The van der Waals surface area contributed by atoms with E-state index in [0.717, 1.165) is 53.9 Å².